The van der Waals surface area contributed by atoms with Crippen molar-refractivity contribution in [2.24, 2.45) is 7.05 Å². The van der Waals surface area contributed by atoms with E-state index in [-0.39, 0.29) is 17.6 Å². The number of hydrogen-bond acceptors (Lipinski definition) is 3. The Hall–Kier alpha value is -2.89. The first-order valence-electron chi connectivity index (χ1n) is 9.90. The summed E-state index contributed by atoms with van der Waals surface area (Å²) < 4.78 is 1.82. The first-order chi connectivity index (χ1) is 13.5. The Labute approximate surface area is 164 Å². The van der Waals surface area contributed by atoms with Crippen molar-refractivity contribution in [2.75, 3.05) is 26.2 Å². The summed E-state index contributed by atoms with van der Waals surface area (Å²) in [6.07, 6.45) is 4.91. The predicted molar refractivity (Wildman–Crippen MR) is 106 cm³/mol. The fraction of sp³-hybridized carbons (Fsp3) is 0.409. The van der Waals surface area contributed by atoms with Gasteiger partial charge in [-0.3, -0.25) is 14.4 Å². The largest absolute Gasteiger partial charge is 0.347 e. The zero-order valence-corrected chi connectivity index (χ0v) is 16.2. The SMILES string of the molecule is Cn1cccc1C(=O)N1CCCN(C(=O)c2ccc3c(c2)CCCC3=O)CC1. The van der Waals surface area contributed by atoms with Gasteiger partial charge < -0.3 is 14.4 Å². The van der Waals surface area contributed by atoms with E-state index >= 15 is 0 Å². The van der Waals surface area contributed by atoms with Crippen molar-refractivity contribution in [3.63, 3.8) is 0 Å². The first kappa shape index (κ1) is 18.5. The fourth-order valence-electron chi connectivity index (χ4n) is 4.13. The Bertz CT molecular complexity index is 931. The Balaban J connectivity index is 1.46. The van der Waals surface area contributed by atoms with Crippen LogP contribution < -0.4 is 0 Å². The maximum atomic E-state index is 13.0. The topological polar surface area (TPSA) is 62.6 Å². The summed E-state index contributed by atoms with van der Waals surface area (Å²) in [5.74, 6) is 0.160. The van der Waals surface area contributed by atoms with E-state index in [1.807, 2.05) is 45.8 Å². The quantitative estimate of drug-likeness (QED) is 0.806. The lowest BCUT2D eigenvalue weighted by Gasteiger charge is -2.23. The predicted octanol–water partition coefficient (Wildman–Crippen LogP) is 2.53. The van der Waals surface area contributed by atoms with Crippen LogP contribution >= 0.6 is 0 Å². The number of nitrogens with zero attached hydrogens (tertiary/aromatic N) is 3. The summed E-state index contributed by atoms with van der Waals surface area (Å²) >= 11 is 0. The monoisotopic (exact) mass is 379 g/mol. The molecule has 0 saturated carbocycles. The van der Waals surface area contributed by atoms with Crippen molar-refractivity contribution in [3.05, 3.63) is 58.9 Å². The molecule has 1 aromatic heterocycles. The summed E-state index contributed by atoms with van der Waals surface area (Å²) in [5, 5.41) is 0. The molecule has 2 heterocycles. The second kappa shape index (κ2) is 7.62. The maximum absolute atomic E-state index is 13.0. The van der Waals surface area contributed by atoms with Crippen LogP contribution in [-0.4, -0.2) is 58.1 Å². The standard InChI is InChI=1S/C22H25N3O3/c1-23-10-3-6-19(23)22(28)25-12-4-11-24(13-14-25)21(27)17-8-9-18-16(15-17)5-2-7-20(18)26/h3,6,8-10,15H,2,4-5,7,11-14H2,1H3. The minimum atomic E-state index is -0.0195. The van der Waals surface area contributed by atoms with Crippen LogP contribution in [0, 0.1) is 0 Å². The van der Waals surface area contributed by atoms with E-state index in [0.29, 0.717) is 43.9 Å². The third-order valence-electron chi connectivity index (χ3n) is 5.74. The molecular formula is C22H25N3O3. The van der Waals surface area contributed by atoms with Gasteiger partial charge in [0.2, 0.25) is 0 Å². The number of carbonyl (C=O) groups is 3. The van der Waals surface area contributed by atoms with Crippen LogP contribution in [0.1, 0.15) is 56.0 Å². The normalized spacial score (nSPS) is 17.2. The Kier molecular flexibility index (Phi) is 5.03. The second-order valence-electron chi connectivity index (χ2n) is 7.59. The van der Waals surface area contributed by atoms with Crippen molar-refractivity contribution in [2.45, 2.75) is 25.7 Å². The van der Waals surface area contributed by atoms with Gasteiger partial charge in [0.15, 0.2) is 5.78 Å². The molecule has 6 nitrogen and oxygen atoms in total. The molecular weight excluding hydrogens is 354 g/mol. The van der Waals surface area contributed by atoms with Crippen molar-refractivity contribution in [1.82, 2.24) is 14.4 Å². The number of aromatic nitrogens is 1. The van der Waals surface area contributed by atoms with Crippen molar-refractivity contribution in [1.29, 1.82) is 0 Å². The number of hydrogen-bond donors (Lipinski definition) is 0. The van der Waals surface area contributed by atoms with E-state index in [1.54, 1.807) is 12.1 Å². The highest BCUT2D eigenvalue weighted by Crippen LogP contribution is 2.23. The van der Waals surface area contributed by atoms with Crippen LogP contribution in [0.5, 0.6) is 0 Å². The molecule has 1 aromatic carbocycles. The van der Waals surface area contributed by atoms with Crippen LogP contribution in [0.2, 0.25) is 0 Å². The van der Waals surface area contributed by atoms with Crippen molar-refractivity contribution in [3.8, 4) is 0 Å². The number of amides is 2. The number of Topliss-reactive ketones (excluding diaryl/α,β-unsaturated/α-hetero) is 1. The van der Waals surface area contributed by atoms with Crippen LogP contribution in [0.15, 0.2) is 36.5 Å². The highest BCUT2D eigenvalue weighted by atomic mass is 16.2. The third-order valence-corrected chi connectivity index (χ3v) is 5.74. The van der Waals surface area contributed by atoms with Gasteiger partial charge in [-0.2, -0.15) is 0 Å². The van der Waals surface area contributed by atoms with Crippen LogP contribution in [-0.2, 0) is 13.5 Å². The lowest BCUT2D eigenvalue weighted by molar-refractivity contribution is 0.0713. The first-order valence-corrected chi connectivity index (χ1v) is 9.90. The van der Waals surface area contributed by atoms with Gasteiger partial charge in [-0.25, -0.2) is 0 Å². The molecule has 0 spiro atoms. The number of carbonyl (C=O) groups excluding carboxylic acids is 3. The molecule has 28 heavy (non-hydrogen) atoms. The van der Waals surface area contributed by atoms with Crippen LogP contribution in [0.3, 0.4) is 0 Å². The van der Waals surface area contributed by atoms with E-state index in [9.17, 15) is 14.4 Å². The van der Waals surface area contributed by atoms with Gasteiger partial charge >= 0.3 is 0 Å². The summed E-state index contributed by atoms with van der Waals surface area (Å²) in [6, 6.07) is 9.13. The molecule has 1 fully saturated rings. The van der Waals surface area contributed by atoms with E-state index in [0.717, 1.165) is 30.4 Å². The summed E-state index contributed by atoms with van der Waals surface area (Å²) in [7, 11) is 1.86. The van der Waals surface area contributed by atoms with Gasteiger partial charge in [-0.1, -0.05) is 6.07 Å². The smallest absolute Gasteiger partial charge is 0.270 e. The lowest BCUT2D eigenvalue weighted by Crippen LogP contribution is -2.38. The molecule has 1 aliphatic carbocycles. The van der Waals surface area contributed by atoms with Crippen molar-refractivity contribution >= 4 is 17.6 Å². The second-order valence-corrected chi connectivity index (χ2v) is 7.59. The summed E-state index contributed by atoms with van der Waals surface area (Å²) in [6.45, 7) is 2.32. The van der Waals surface area contributed by atoms with Gasteiger partial charge in [0.1, 0.15) is 5.69 Å². The minimum Gasteiger partial charge on any atom is -0.347 e. The zero-order chi connectivity index (χ0) is 19.7. The molecule has 0 bridgehead atoms. The molecule has 2 amide bonds. The molecule has 2 aromatic rings. The highest BCUT2D eigenvalue weighted by molar-refractivity contribution is 6.01. The molecule has 146 valence electrons. The van der Waals surface area contributed by atoms with Gasteiger partial charge in [0.25, 0.3) is 11.8 Å². The zero-order valence-electron chi connectivity index (χ0n) is 16.2. The molecule has 0 unspecified atom stereocenters. The Morgan fingerprint density at radius 1 is 0.893 bits per heavy atom. The number of benzene rings is 1. The van der Waals surface area contributed by atoms with Gasteiger partial charge in [0, 0.05) is 57.0 Å². The van der Waals surface area contributed by atoms with E-state index < -0.39 is 0 Å². The number of aryl methyl sites for hydroxylation is 2. The third kappa shape index (κ3) is 3.46. The summed E-state index contributed by atoms with van der Waals surface area (Å²) in [5.41, 5.74) is 3.05. The fourth-order valence-corrected chi connectivity index (χ4v) is 4.13. The van der Waals surface area contributed by atoms with Gasteiger partial charge in [-0.15, -0.1) is 0 Å². The number of ketones is 1. The molecule has 0 radical (unpaired) electrons. The molecule has 0 atom stereocenters. The molecule has 0 N–H and O–H groups in total. The molecule has 2 aliphatic rings. The highest BCUT2D eigenvalue weighted by Gasteiger charge is 2.25. The molecule has 1 saturated heterocycles. The minimum absolute atomic E-state index is 0.00842. The van der Waals surface area contributed by atoms with Gasteiger partial charge in [-0.05, 0) is 49.1 Å². The lowest BCUT2D eigenvalue weighted by atomic mass is 9.89. The Morgan fingerprint density at radius 2 is 1.64 bits per heavy atom. The maximum Gasteiger partial charge on any atom is 0.270 e. The van der Waals surface area contributed by atoms with E-state index in [4.69, 9.17) is 0 Å². The van der Waals surface area contributed by atoms with Gasteiger partial charge in [0.05, 0.1) is 0 Å². The Morgan fingerprint density at radius 3 is 2.36 bits per heavy atom. The van der Waals surface area contributed by atoms with E-state index in [1.165, 1.54) is 0 Å². The number of fused-ring (bicyclic) bond motifs is 1. The van der Waals surface area contributed by atoms with E-state index in [2.05, 4.69) is 0 Å². The molecule has 1 aliphatic heterocycles. The number of rotatable bonds is 2. The average Bonchev–Trinajstić information content (AvgIpc) is 2.98. The molecule has 4 rings (SSSR count). The average molecular weight is 379 g/mol. The van der Waals surface area contributed by atoms with Crippen LogP contribution in [0.25, 0.3) is 0 Å². The summed E-state index contributed by atoms with van der Waals surface area (Å²) in [4.78, 5) is 41.4. The van der Waals surface area contributed by atoms with Crippen LogP contribution in [0.4, 0.5) is 0 Å². The molecule has 6 heteroatoms. The van der Waals surface area contributed by atoms with Crippen molar-refractivity contribution < 1.29 is 14.4 Å².